The highest BCUT2D eigenvalue weighted by atomic mass is 16.5. The molecule has 0 atom stereocenters. The molecule has 0 aliphatic carbocycles. The summed E-state index contributed by atoms with van der Waals surface area (Å²) >= 11 is 0. The molecule has 1 N–H and O–H groups in total. The van der Waals surface area contributed by atoms with Gasteiger partial charge in [0.15, 0.2) is 0 Å². The van der Waals surface area contributed by atoms with Crippen LogP contribution < -0.4 is 4.74 Å². The van der Waals surface area contributed by atoms with Gasteiger partial charge < -0.3 is 14.6 Å². The fourth-order valence-corrected chi connectivity index (χ4v) is 5.57. The molecule has 0 saturated carbocycles. The van der Waals surface area contributed by atoms with Gasteiger partial charge in [0.1, 0.15) is 18.1 Å². The number of rotatable bonds is 3. The first kappa shape index (κ1) is 23.5. The van der Waals surface area contributed by atoms with E-state index >= 15 is 0 Å². The van der Waals surface area contributed by atoms with Crippen molar-refractivity contribution >= 4 is 5.91 Å². The maximum atomic E-state index is 12.9. The van der Waals surface area contributed by atoms with Gasteiger partial charge in [0.2, 0.25) is 0 Å². The highest BCUT2D eigenvalue weighted by Gasteiger charge is 2.37. The molecule has 35 heavy (non-hydrogen) atoms. The van der Waals surface area contributed by atoms with E-state index in [0.29, 0.717) is 12.3 Å². The number of benzene rings is 1. The molecule has 1 fully saturated rings. The number of H-pyrrole nitrogens is 1. The van der Waals surface area contributed by atoms with Gasteiger partial charge in [-0.1, -0.05) is 30.7 Å². The Balaban J connectivity index is 1.33. The molecule has 0 bridgehead atoms. The first-order valence-electron chi connectivity index (χ1n) is 12.8. The number of ether oxygens (including phenoxy) is 1. The molecule has 2 aliphatic heterocycles. The molecule has 1 spiro atoms. The number of amides is 1. The lowest BCUT2D eigenvalue weighted by molar-refractivity contribution is 0.0355. The van der Waals surface area contributed by atoms with Crippen LogP contribution >= 0.6 is 0 Å². The van der Waals surface area contributed by atoms with Gasteiger partial charge in [0, 0.05) is 38.9 Å². The van der Waals surface area contributed by atoms with E-state index in [1.165, 1.54) is 18.4 Å². The Kier molecular flexibility index (Phi) is 7.42. The van der Waals surface area contributed by atoms with Crippen LogP contribution in [-0.2, 0) is 13.0 Å². The van der Waals surface area contributed by atoms with Crippen LogP contribution in [0.25, 0.3) is 0 Å². The monoisotopic (exact) mass is 473 g/mol. The fraction of sp³-hybridized carbons (Fsp3) is 0.464. The van der Waals surface area contributed by atoms with E-state index in [9.17, 15) is 4.79 Å². The molecule has 0 unspecified atom stereocenters. The minimum absolute atomic E-state index is 0.0563. The second-order valence-corrected chi connectivity index (χ2v) is 9.95. The van der Waals surface area contributed by atoms with Crippen molar-refractivity contribution in [3.63, 3.8) is 0 Å². The number of aromatic nitrogens is 3. The molecular weight excluding hydrogens is 438 g/mol. The number of fused-ring (bicyclic) bond motifs is 1. The molecule has 3 aromatic rings. The van der Waals surface area contributed by atoms with Crippen molar-refractivity contribution in [1.82, 2.24) is 24.8 Å². The molecule has 1 amide bonds. The summed E-state index contributed by atoms with van der Waals surface area (Å²) in [5.74, 6) is 1.08. The average Bonchev–Trinajstić information content (AvgIpc) is 3.43. The van der Waals surface area contributed by atoms with E-state index in [1.54, 1.807) is 12.5 Å². The summed E-state index contributed by atoms with van der Waals surface area (Å²) in [6.45, 7) is 4.89. The zero-order chi connectivity index (χ0) is 23.9. The molecule has 1 saturated heterocycles. The number of carbonyl (C=O) groups excluding carboxylic acids is 1. The van der Waals surface area contributed by atoms with Crippen molar-refractivity contribution in [2.24, 2.45) is 5.41 Å². The quantitative estimate of drug-likeness (QED) is 0.613. The molecule has 0 radical (unpaired) electrons. The number of nitrogens with one attached hydrogen (secondary N) is 1. The zero-order valence-electron chi connectivity index (χ0n) is 20.4. The van der Waals surface area contributed by atoms with Crippen LogP contribution in [0.2, 0.25) is 0 Å². The lowest BCUT2D eigenvalue weighted by Crippen LogP contribution is -2.48. The Morgan fingerprint density at radius 3 is 2.69 bits per heavy atom. The van der Waals surface area contributed by atoms with Gasteiger partial charge in [-0.25, -0.2) is 4.98 Å². The van der Waals surface area contributed by atoms with Gasteiger partial charge in [-0.15, -0.1) is 0 Å². The van der Waals surface area contributed by atoms with Crippen molar-refractivity contribution < 1.29 is 9.53 Å². The Morgan fingerprint density at radius 2 is 1.89 bits per heavy atom. The summed E-state index contributed by atoms with van der Waals surface area (Å²) in [6, 6.07) is 14.6. The number of aromatic amines is 1. The van der Waals surface area contributed by atoms with Gasteiger partial charge in [-0.2, -0.15) is 0 Å². The normalized spacial score (nSPS) is 19.3. The third kappa shape index (κ3) is 5.90. The summed E-state index contributed by atoms with van der Waals surface area (Å²) in [7, 11) is 0. The van der Waals surface area contributed by atoms with Crippen LogP contribution in [0.4, 0.5) is 0 Å². The molecule has 184 valence electrons. The van der Waals surface area contributed by atoms with Crippen LogP contribution in [0, 0.1) is 5.41 Å². The van der Waals surface area contributed by atoms with Crippen molar-refractivity contribution in [2.45, 2.75) is 45.1 Å². The van der Waals surface area contributed by atoms with Gasteiger partial charge in [0.25, 0.3) is 5.91 Å². The predicted molar refractivity (Wildman–Crippen MR) is 135 cm³/mol. The number of para-hydroxylation sites is 1. The van der Waals surface area contributed by atoms with Gasteiger partial charge in [-0.3, -0.25) is 14.7 Å². The number of carbonyl (C=O) groups is 1. The zero-order valence-corrected chi connectivity index (χ0v) is 20.4. The summed E-state index contributed by atoms with van der Waals surface area (Å²) in [5, 5.41) is 0. The molecule has 2 aromatic heterocycles. The summed E-state index contributed by atoms with van der Waals surface area (Å²) in [6.07, 6.45) is 11.7. The minimum Gasteiger partial charge on any atom is -0.492 e. The van der Waals surface area contributed by atoms with E-state index in [-0.39, 0.29) is 11.3 Å². The van der Waals surface area contributed by atoms with Crippen LogP contribution in [0.1, 0.15) is 53.8 Å². The van der Waals surface area contributed by atoms with Crippen molar-refractivity contribution in [1.29, 1.82) is 0 Å². The van der Waals surface area contributed by atoms with Crippen LogP contribution in [0.15, 0.2) is 61.2 Å². The fourth-order valence-electron chi connectivity index (χ4n) is 5.57. The Morgan fingerprint density at radius 1 is 1.03 bits per heavy atom. The smallest absolute Gasteiger partial charge is 0.271 e. The lowest BCUT2D eigenvalue weighted by Gasteiger charge is -2.45. The predicted octanol–water partition coefficient (Wildman–Crippen LogP) is 4.33. The highest BCUT2D eigenvalue weighted by molar-refractivity contribution is 5.92. The topological polar surface area (TPSA) is 74.3 Å². The summed E-state index contributed by atoms with van der Waals surface area (Å²) in [4.78, 5) is 28.9. The third-order valence-corrected chi connectivity index (χ3v) is 7.55. The summed E-state index contributed by atoms with van der Waals surface area (Å²) < 4.78 is 6.27. The number of piperidine rings is 1. The average molecular weight is 474 g/mol. The SMILES string of the molecule is O=C(c1cnc[nH]1)N1CCC2(CCCCc3ccccc3OCCN(Cc3ccccn3)C2)CC1. The van der Waals surface area contributed by atoms with Gasteiger partial charge in [0.05, 0.1) is 18.2 Å². The number of aryl methyl sites for hydroxylation is 1. The van der Waals surface area contributed by atoms with Crippen molar-refractivity contribution in [3.8, 4) is 5.75 Å². The van der Waals surface area contributed by atoms with Crippen LogP contribution in [-0.4, -0.2) is 63.4 Å². The first-order valence-corrected chi connectivity index (χ1v) is 12.8. The van der Waals surface area contributed by atoms with Gasteiger partial charge in [-0.05, 0) is 61.3 Å². The first-order chi connectivity index (χ1) is 17.2. The molecule has 1 aromatic carbocycles. The molecule has 7 heteroatoms. The number of likely N-dealkylation sites (tertiary alicyclic amines) is 1. The van der Waals surface area contributed by atoms with E-state index in [0.717, 1.165) is 69.9 Å². The third-order valence-electron chi connectivity index (χ3n) is 7.55. The maximum absolute atomic E-state index is 12.9. The standard InChI is InChI=1S/C28H35N5O2/c34-27(25-19-29-22-31-25)33-15-12-28(13-16-33)11-5-3-8-23-7-1-2-10-26(23)35-18-17-32(21-28)20-24-9-4-6-14-30-24/h1-2,4,6-7,9-10,14,19,22H,3,5,8,11-13,15-18,20-21H2,(H,29,31). The summed E-state index contributed by atoms with van der Waals surface area (Å²) in [5.41, 5.74) is 3.16. The lowest BCUT2D eigenvalue weighted by atomic mass is 9.73. The van der Waals surface area contributed by atoms with E-state index < -0.39 is 0 Å². The van der Waals surface area contributed by atoms with Crippen molar-refractivity contribution in [3.05, 3.63) is 78.1 Å². The van der Waals surface area contributed by atoms with E-state index in [2.05, 4.69) is 56.3 Å². The van der Waals surface area contributed by atoms with Crippen LogP contribution in [0.3, 0.4) is 0 Å². The van der Waals surface area contributed by atoms with E-state index in [4.69, 9.17) is 4.74 Å². The molecule has 4 heterocycles. The van der Waals surface area contributed by atoms with E-state index in [1.807, 2.05) is 17.2 Å². The Hall–Kier alpha value is -3.19. The molecule has 2 aliphatic rings. The molecular formula is C28H35N5O2. The highest BCUT2D eigenvalue weighted by Crippen LogP contribution is 2.39. The minimum atomic E-state index is 0.0563. The Labute approximate surface area is 207 Å². The second kappa shape index (κ2) is 11.0. The number of hydrogen-bond acceptors (Lipinski definition) is 5. The Bertz CT molecular complexity index is 1080. The largest absolute Gasteiger partial charge is 0.492 e. The number of hydrogen-bond donors (Lipinski definition) is 1. The second-order valence-electron chi connectivity index (χ2n) is 9.95. The molecule has 5 rings (SSSR count). The number of pyridine rings is 1. The number of nitrogens with zero attached hydrogens (tertiary/aromatic N) is 4. The maximum Gasteiger partial charge on any atom is 0.271 e. The number of imidazole rings is 1. The van der Waals surface area contributed by atoms with Crippen molar-refractivity contribution in [2.75, 3.05) is 32.8 Å². The van der Waals surface area contributed by atoms with Gasteiger partial charge >= 0.3 is 0 Å². The van der Waals surface area contributed by atoms with Crippen LogP contribution in [0.5, 0.6) is 5.75 Å². The molecule has 7 nitrogen and oxygen atoms in total.